The van der Waals surface area contributed by atoms with E-state index in [1.165, 1.54) is 30.4 Å². The second kappa shape index (κ2) is 7.81. The van der Waals surface area contributed by atoms with Crippen LogP contribution in [-0.4, -0.2) is 8.32 Å². The van der Waals surface area contributed by atoms with Gasteiger partial charge in [0.25, 0.3) is 0 Å². The summed E-state index contributed by atoms with van der Waals surface area (Å²) in [5.74, 6) is 0. The molecular formula is C21H34OSi. The van der Waals surface area contributed by atoms with Gasteiger partial charge < -0.3 is 4.43 Å². The molecule has 2 heteroatoms. The molecule has 1 nitrogen and oxygen atoms in total. The van der Waals surface area contributed by atoms with Crippen LogP contribution in [0.4, 0.5) is 0 Å². The summed E-state index contributed by atoms with van der Waals surface area (Å²) in [5.41, 5.74) is 4.71. The van der Waals surface area contributed by atoms with Crippen molar-refractivity contribution in [3.63, 3.8) is 0 Å². The normalized spacial score (nSPS) is 17.2. The van der Waals surface area contributed by atoms with Gasteiger partial charge in [-0.15, -0.1) is 0 Å². The lowest BCUT2D eigenvalue weighted by Gasteiger charge is -2.45. The predicted octanol–water partition coefficient (Wildman–Crippen LogP) is 7.03. The zero-order valence-electron chi connectivity index (χ0n) is 15.8. The van der Waals surface area contributed by atoms with Crippen LogP contribution in [0.3, 0.4) is 0 Å². The van der Waals surface area contributed by atoms with Crippen molar-refractivity contribution in [3.05, 3.63) is 47.5 Å². The van der Waals surface area contributed by atoms with Crippen LogP contribution in [0.1, 0.15) is 72.5 Å². The van der Waals surface area contributed by atoms with Crippen molar-refractivity contribution in [1.29, 1.82) is 0 Å². The average molecular weight is 331 g/mol. The Morgan fingerprint density at radius 3 is 1.87 bits per heavy atom. The van der Waals surface area contributed by atoms with Crippen molar-refractivity contribution in [3.8, 4) is 0 Å². The Bertz CT molecular complexity index is 494. The number of rotatable bonds is 7. The molecule has 0 aromatic heterocycles. The number of hydrogen-bond acceptors (Lipinski definition) is 1. The van der Waals surface area contributed by atoms with E-state index in [-0.39, 0.29) is 6.10 Å². The van der Waals surface area contributed by atoms with Gasteiger partial charge in [-0.3, -0.25) is 0 Å². The van der Waals surface area contributed by atoms with E-state index >= 15 is 0 Å². The van der Waals surface area contributed by atoms with Crippen molar-refractivity contribution in [2.24, 2.45) is 0 Å². The summed E-state index contributed by atoms with van der Waals surface area (Å²) in [7, 11) is -1.88. The van der Waals surface area contributed by atoms with Gasteiger partial charge >= 0.3 is 0 Å². The number of hydrogen-bond donors (Lipinski definition) is 0. The monoisotopic (exact) mass is 330 g/mol. The largest absolute Gasteiger partial charge is 0.405 e. The molecular weight excluding hydrogens is 296 g/mol. The smallest absolute Gasteiger partial charge is 0.201 e. The summed E-state index contributed by atoms with van der Waals surface area (Å²) in [6.07, 6.45) is 6.27. The van der Waals surface area contributed by atoms with Crippen molar-refractivity contribution in [1.82, 2.24) is 0 Å². The lowest BCUT2D eigenvalue weighted by Crippen LogP contribution is -2.48. The fraction of sp³-hybridized carbons (Fsp3) is 0.619. The van der Waals surface area contributed by atoms with E-state index in [1.807, 2.05) is 0 Å². The Balaban J connectivity index is 2.42. The molecule has 0 unspecified atom stereocenters. The van der Waals surface area contributed by atoms with E-state index in [4.69, 9.17) is 4.43 Å². The molecule has 1 aromatic rings. The molecule has 1 aliphatic carbocycles. The van der Waals surface area contributed by atoms with Crippen LogP contribution in [-0.2, 0) is 4.43 Å². The van der Waals surface area contributed by atoms with Crippen LogP contribution in [0.2, 0.25) is 16.6 Å². The zero-order chi connectivity index (χ0) is 17.0. The van der Waals surface area contributed by atoms with Crippen LogP contribution in [0, 0.1) is 0 Å². The second-order valence-corrected chi connectivity index (χ2v) is 13.3. The minimum atomic E-state index is -1.88. The number of benzene rings is 1. The summed E-state index contributed by atoms with van der Waals surface area (Å²) in [6.45, 7) is 14.2. The van der Waals surface area contributed by atoms with Crippen LogP contribution < -0.4 is 0 Å². The lowest BCUT2D eigenvalue weighted by molar-refractivity contribution is 0.206. The van der Waals surface area contributed by atoms with E-state index < -0.39 is 8.32 Å². The molecule has 1 aromatic carbocycles. The molecule has 2 rings (SSSR count). The molecule has 0 bridgehead atoms. The van der Waals surface area contributed by atoms with Crippen LogP contribution in [0.5, 0.6) is 0 Å². The SMILES string of the molecule is CC(C)[Si](O[C@H](C1=CCCC1)c1ccccc1)(C(C)C)C(C)C. The molecule has 1 atom stereocenters. The third-order valence-corrected chi connectivity index (χ3v) is 11.6. The number of allylic oxidation sites excluding steroid dienone is 1. The van der Waals surface area contributed by atoms with Crippen LogP contribution in [0.25, 0.3) is 0 Å². The third-order valence-electron chi connectivity index (χ3n) is 5.54. The maximum Gasteiger partial charge on any atom is 0.201 e. The molecule has 0 aliphatic heterocycles. The highest BCUT2D eigenvalue weighted by molar-refractivity contribution is 6.77. The minimum Gasteiger partial charge on any atom is -0.405 e. The molecule has 0 N–H and O–H groups in total. The molecule has 128 valence electrons. The molecule has 23 heavy (non-hydrogen) atoms. The summed E-state index contributed by atoms with van der Waals surface area (Å²) < 4.78 is 7.16. The maximum absolute atomic E-state index is 7.16. The molecule has 0 fully saturated rings. The molecule has 0 heterocycles. The van der Waals surface area contributed by atoms with E-state index in [1.54, 1.807) is 0 Å². The highest BCUT2D eigenvalue weighted by atomic mass is 28.4. The fourth-order valence-corrected chi connectivity index (χ4v) is 10.0. The van der Waals surface area contributed by atoms with Gasteiger partial charge in [-0.05, 0) is 47.0 Å². The van der Waals surface area contributed by atoms with Crippen LogP contribution in [0.15, 0.2) is 42.0 Å². The van der Waals surface area contributed by atoms with Crippen molar-refractivity contribution >= 4 is 8.32 Å². The van der Waals surface area contributed by atoms with Crippen molar-refractivity contribution in [2.75, 3.05) is 0 Å². The summed E-state index contributed by atoms with van der Waals surface area (Å²) >= 11 is 0. The highest BCUT2D eigenvalue weighted by Crippen LogP contribution is 2.47. The molecule has 0 saturated carbocycles. The first-order valence-electron chi connectivity index (χ1n) is 9.31. The van der Waals surface area contributed by atoms with Gasteiger partial charge in [0, 0.05) is 0 Å². The van der Waals surface area contributed by atoms with Gasteiger partial charge in [-0.1, -0.05) is 78.0 Å². The second-order valence-electron chi connectivity index (χ2n) is 7.90. The minimum absolute atomic E-state index is 0.164. The van der Waals surface area contributed by atoms with Gasteiger partial charge in [0.1, 0.15) is 0 Å². The lowest BCUT2D eigenvalue weighted by atomic mass is 10.0. The molecule has 0 radical (unpaired) electrons. The molecule has 0 spiro atoms. The topological polar surface area (TPSA) is 9.23 Å². The Morgan fingerprint density at radius 1 is 0.870 bits per heavy atom. The van der Waals surface area contributed by atoms with Crippen molar-refractivity contribution < 1.29 is 4.43 Å². The van der Waals surface area contributed by atoms with Gasteiger partial charge in [0.05, 0.1) is 6.10 Å². The first-order valence-corrected chi connectivity index (χ1v) is 11.4. The van der Waals surface area contributed by atoms with Gasteiger partial charge in [-0.25, -0.2) is 0 Å². The molecule has 0 saturated heterocycles. The predicted molar refractivity (Wildman–Crippen MR) is 103 cm³/mol. The van der Waals surface area contributed by atoms with E-state index in [0.717, 1.165) is 0 Å². The summed E-state index contributed by atoms with van der Waals surface area (Å²) in [4.78, 5) is 0. The zero-order valence-corrected chi connectivity index (χ0v) is 16.8. The van der Waals surface area contributed by atoms with Gasteiger partial charge in [0.15, 0.2) is 0 Å². The molecule has 1 aliphatic rings. The summed E-state index contributed by atoms with van der Waals surface area (Å²) in [5, 5.41) is 0. The Labute approximate surface area is 144 Å². The molecule has 0 amide bonds. The third kappa shape index (κ3) is 3.80. The van der Waals surface area contributed by atoms with Gasteiger partial charge in [-0.2, -0.15) is 0 Å². The Kier molecular flexibility index (Phi) is 6.27. The fourth-order valence-electron chi connectivity index (χ4n) is 4.53. The van der Waals surface area contributed by atoms with Crippen molar-refractivity contribution in [2.45, 2.75) is 83.5 Å². The van der Waals surface area contributed by atoms with E-state index in [0.29, 0.717) is 16.6 Å². The van der Waals surface area contributed by atoms with Crippen LogP contribution >= 0.6 is 0 Å². The Morgan fingerprint density at radius 2 is 1.43 bits per heavy atom. The van der Waals surface area contributed by atoms with E-state index in [2.05, 4.69) is 78.0 Å². The quantitative estimate of drug-likeness (QED) is 0.385. The highest BCUT2D eigenvalue weighted by Gasteiger charge is 2.47. The maximum atomic E-state index is 7.16. The first-order chi connectivity index (χ1) is 10.9. The Hall–Kier alpha value is -0.863. The van der Waals surface area contributed by atoms with Gasteiger partial charge in [0.2, 0.25) is 8.32 Å². The summed E-state index contributed by atoms with van der Waals surface area (Å²) in [6, 6.07) is 10.9. The van der Waals surface area contributed by atoms with E-state index in [9.17, 15) is 0 Å². The average Bonchev–Trinajstić information content (AvgIpc) is 3.02. The standard InChI is InChI=1S/C21H34OSi/c1-16(2)23(17(3)4,18(5)6)22-21(20-14-10-11-15-20)19-12-8-7-9-13-19/h7-9,12-14,16-18,21H,10-11,15H2,1-6H3/t21-/m0/s1. The first kappa shape index (κ1) is 18.5.